The lowest BCUT2D eigenvalue weighted by atomic mass is 10.2. The highest BCUT2D eigenvalue weighted by Crippen LogP contribution is 2.17. The van der Waals surface area contributed by atoms with Gasteiger partial charge in [-0.15, -0.1) is 0 Å². The molecule has 50 valence electrons. The van der Waals surface area contributed by atoms with Crippen LogP contribution in [-0.4, -0.2) is 10.7 Å². The van der Waals surface area contributed by atoms with Crippen molar-refractivity contribution in [1.29, 1.82) is 5.41 Å². The smallest absolute Gasteiger partial charge is 0.0497 e. The third-order valence-corrected chi connectivity index (χ3v) is 1.83. The summed E-state index contributed by atoms with van der Waals surface area (Å²) in [7, 11) is 0. The second kappa shape index (κ2) is 1.90. The van der Waals surface area contributed by atoms with Crippen LogP contribution in [0.25, 0.3) is 0 Å². The maximum atomic E-state index is 7.49. The summed E-state index contributed by atoms with van der Waals surface area (Å²) in [5.41, 5.74) is 2.87. The highest BCUT2D eigenvalue weighted by Gasteiger charge is 2.15. The molecule has 0 bridgehead atoms. The number of nitrogens with zero attached hydrogens (tertiary/aromatic N) is 1. The summed E-state index contributed by atoms with van der Waals surface area (Å²) in [6.45, 7) is 0. The van der Waals surface area contributed by atoms with Crippen LogP contribution in [0.3, 0.4) is 0 Å². The van der Waals surface area contributed by atoms with Gasteiger partial charge in [0.15, 0.2) is 0 Å². The minimum Gasteiger partial charge on any atom is -0.305 e. The van der Waals surface area contributed by atoms with E-state index >= 15 is 0 Å². The van der Waals surface area contributed by atoms with Crippen LogP contribution < -0.4 is 0 Å². The van der Waals surface area contributed by atoms with Gasteiger partial charge in [0.2, 0.25) is 0 Å². The minimum absolute atomic E-state index is 0.739. The number of hydrogen-bond acceptors (Lipinski definition) is 2. The highest BCUT2D eigenvalue weighted by atomic mass is 14.7. The summed E-state index contributed by atoms with van der Waals surface area (Å²) in [6, 6.07) is 3.86. The number of aromatic nitrogens is 1. The summed E-state index contributed by atoms with van der Waals surface area (Å²) < 4.78 is 0. The predicted molar refractivity (Wildman–Crippen MR) is 39.4 cm³/mol. The van der Waals surface area contributed by atoms with Gasteiger partial charge >= 0.3 is 0 Å². The van der Waals surface area contributed by atoms with Crippen molar-refractivity contribution in [3.63, 3.8) is 0 Å². The number of rotatable bonds is 0. The van der Waals surface area contributed by atoms with Crippen LogP contribution in [0.15, 0.2) is 18.3 Å². The molecule has 0 radical (unpaired) electrons. The van der Waals surface area contributed by atoms with Gasteiger partial charge in [0.05, 0.1) is 0 Å². The zero-order valence-corrected chi connectivity index (χ0v) is 5.59. The van der Waals surface area contributed by atoms with Crippen LogP contribution in [-0.2, 0) is 6.42 Å². The van der Waals surface area contributed by atoms with Crippen LogP contribution in [0, 0.1) is 5.41 Å². The van der Waals surface area contributed by atoms with Gasteiger partial charge in [0.25, 0.3) is 0 Å². The van der Waals surface area contributed by atoms with Crippen molar-refractivity contribution < 1.29 is 0 Å². The molecule has 0 aromatic carbocycles. The van der Waals surface area contributed by atoms with Crippen LogP contribution in [0.4, 0.5) is 0 Å². The first-order valence-corrected chi connectivity index (χ1v) is 3.39. The Balaban J connectivity index is 2.61. The lowest BCUT2D eigenvalue weighted by molar-refractivity contribution is 1.02. The molecule has 2 heteroatoms. The molecule has 0 saturated heterocycles. The van der Waals surface area contributed by atoms with E-state index in [0.29, 0.717) is 0 Å². The van der Waals surface area contributed by atoms with E-state index in [9.17, 15) is 0 Å². The molecule has 1 N–H and O–H groups in total. The van der Waals surface area contributed by atoms with E-state index in [2.05, 4.69) is 4.98 Å². The minimum atomic E-state index is 0.739. The molecule has 1 aromatic heterocycles. The molecular weight excluding hydrogens is 124 g/mol. The average Bonchev–Trinajstić information content (AvgIpc) is 2.34. The van der Waals surface area contributed by atoms with Crippen molar-refractivity contribution in [2.45, 2.75) is 12.8 Å². The molecule has 0 aliphatic heterocycles. The molecule has 0 spiro atoms. The summed E-state index contributed by atoms with van der Waals surface area (Å²) >= 11 is 0. The maximum Gasteiger partial charge on any atom is 0.0497 e. The first kappa shape index (κ1) is 5.59. The molecule has 2 nitrogen and oxygen atoms in total. The molecule has 0 saturated carbocycles. The predicted octanol–water partition coefficient (Wildman–Crippen LogP) is 1.40. The van der Waals surface area contributed by atoms with Crippen LogP contribution >= 0.6 is 0 Å². The van der Waals surface area contributed by atoms with E-state index in [0.717, 1.165) is 29.8 Å². The largest absolute Gasteiger partial charge is 0.305 e. The SMILES string of the molecule is N=C1CCc2ncccc21. The number of nitrogens with one attached hydrogen (secondary N) is 1. The Kier molecular flexibility index (Phi) is 1.07. The van der Waals surface area contributed by atoms with E-state index in [-0.39, 0.29) is 0 Å². The molecule has 1 aliphatic carbocycles. The van der Waals surface area contributed by atoms with Gasteiger partial charge in [0.1, 0.15) is 0 Å². The molecule has 0 unspecified atom stereocenters. The summed E-state index contributed by atoms with van der Waals surface area (Å²) in [5, 5.41) is 7.49. The van der Waals surface area contributed by atoms with E-state index in [1.165, 1.54) is 0 Å². The Bertz CT molecular complexity index is 278. The molecular formula is C8H8N2. The number of aryl methyl sites for hydroxylation is 1. The van der Waals surface area contributed by atoms with Crippen molar-refractivity contribution in [2.24, 2.45) is 0 Å². The molecule has 1 aliphatic rings. The topological polar surface area (TPSA) is 36.7 Å². The molecule has 0 amide bonds. The Hall–Kier alpha value is -1.18. The lowest BCUT2D eigenvalue weighted by Crippen LogP contribution is -1.90. The first-order chi connectivity index (χ1) is 4.88. The fourth-order valence-corrected chi connectivity index (χ4v) is 1.29. The molecule has 0 atom stereocenters. The van der Waals surface area contributed by atoms with E-state index in [1.807, 2.05) is 12.1 Å². The van der Waals surface area contributed by atoms with E-state index in [4.69, 9.17) is 5.41 Å². The normalized spacial score (nSPS) is 15.4. The van der Waals surface area contributed by atoms with Gasteiger partial charge < -0.3 is 5.41 Å². The Morgan fingerprint density at radius 2 is 2.30 bits per heavy atom. The molecule has 1 aromatic rings. The summed E-state index contributed by atoms with van der Waals surface area (Å²) in [4.78, 5) is 4.17. The van der Waals surface area contributed by atoms with Gasteiger partial charge in [-0.2, -0.15) is 0 Å². The molecule has 2 rings (SSSR count). The Morgan fingerprint density at radius 1 is 1.40 bits per heavy atom. The fourth-order valence-electron chi connectivity index (χ4n) is 1.29. The van der Waals surface area contributed by atoms with Crippen LogP contribution in [0.1, 0.15) is 17.7 Å². The number of hydrogen-bond donors (Lipinski definition) is 1. The fraction of sp³-hybridized carbons (Fsp3) is 0.250. The molecule has 0 fully saturated rings. The third kappa shape index (κ3) is 0.652. The quantitative estimate of drug-likeness (QED) is 0.569. The van der Waals surface area contributed by atoms with Gasteiger partial charge in [-0.25, -0.2) is 0 Å². The van der Waals surface area contributed by atoms with E-state index in [1.54, 1.807) is 6.20 Å². The Morgan fingerprint density at radius 3 is 3.10 bits per heavy atom. The number of fused-ring (bicyclic) bond motifs is 1. The second-order valence-electron chi connectivity index (χ2n) is 2.48. The van der Waals surface area contributed by atoms with Gasteiger partial charge in [0, 0.05) is 23.2 Å². The standard InChI is InChI=1S/C8H8N2/c9-7-3-4-8-6(7)2-1-5-10-8/h1-2,5,9H,3-4H2. The summed E-state index contributed by atoms with van der Waals surface area (Å²) in [6.07, 6.45) is 3.61. The van der Waals surface area contributed by atoms with Crippen molar-refractivity contribution in [3.8, 4) is 0 Å². The van der Waals surface area contributed by atoms with Crippen molar-refractivity contribution >= 4 is 5.71 Å². The van der Waals surface area contributed by atoms with Crippen molar-refractivity contribution in [2.75, 3.05) is 0 Å². The third-order valence-electron chi connectivity index (χ3n) is 1.83. The monoisotopic (exact) mass is 132 g/mol. The van der Waals surface area contributed by atoms with Crippen molar-refractivity contribution in [1.82, 2.24) is 4.98 Å². The van der Waals surface area contributed by atoms with Gasteiger partial charge in [-0.05, 0) is 25.0 Å². The van der Waals surface area contributed by atoms with Crippen LogP contribution in [0.2, 0.25) is 0 Å². The maximum absolute atomic E-state index is 7.49. The lowest BCUT2D eigenvalue weighted by Gasteiger charge is -1.93. The second-order valence-corrected chi connectivity index (χ2v) is 2.48. The molecule has 1 heterocycles. The summed E-state index contributed by atoms with van der Waals surface area (Å²) in [5.74, 6) is 0. The van der Waals surface area contributed by atoms with Crippen molar-refractivity contribution in [3.05, 3.63) is 29.6 Å². The number of pyridine rings is 1. The zero-order chi connectivity index (χ0) is 6.97. The van der Waals surface area contributed by atoms with E-state index < -0.39 is 0 Å². The highest BCUT2D eigenvalue weighted by molar-refractivity contribution is 6.01. The van der Waals surface area contributed by atoms with Gasteiger partial charge in [-0.1, -0.05) is 0 Å². The molecule has 10 heavy (non-hydrogen) atoms. The van der Waals surface area contributed by atoms with Crippen LogP contribution in [0.5, 0.6) is 0 Å². The average molecular weight is 132 g/mol. The first-order valence-electron chi connectivity index (χ1n) is 3.39. The zero-order valence-electron chi connectivity index (χ0n) is 5.59. The Labute approximate surface area is 59.4 Å². The van der Waals surface area contributed by atoms with Gasteiger partial charge in [-0.3, -0.25) is 4.98 Å².